The molecule has 4 aromatic rings. The lowest BCUT2D eigenvalue weighted by atomic mass is 10.1. The topological polar surface area (TPSA) is 77.6 Å². The number of rotatable bonds is 4. The summed E-state index contributed by atoms with van der Waals surface area (Å²) in [4.78, 5) is 31.3. The number of oxazole rings is 1. The Balaban J connectivity index is 1.22. The number of para-hydroxylation sites is 3. The highest BCUT2D eigenvalue weighted by Crippen LogP contribution is 2.31. The smallest absolute Gasteiger partial charge is 0.420 e. The molecule has 1 saturated heterocycles. The van der Waals surface area contributed by atoms with Crippen LogP contribution in [0.4, 0.5) is 0 Å². The quantitative estimate of drug-likeness (QED) is 0.501. The Bertz CT molecular complexity index is 1280. The number of hydrogen-bond donors (Lipinski definition) is 0. The van der Waals surface area contributed by atoms with Gasteiger partial charge in [0.15, 0.2) is 5.58 Å². The SMILES string of the molecule is Cc1cccc2sc(OC3CCN(C(=O)Cn4c(=O)oc5ccccc54)CC3)nc12. The van der Waals surface area contributed by atoms with Gasteiger partial charge in [-0.05, 0) is 30.7 Å². The van der Waals surface area contributed by atoms with E-state index in [9.17, 15) is 9.59 Å². The van der Waals surface area contributed by atoms with E-state index in [-0.39, 0.29) is 18.6 Å². The third-order valence-corrected chi connectivity index (χ3v) is 6.44. The number of ether oxygens (including phenoxy) is 1. The average molecular weight is 423 g/mol. The second-order valence-corrected chi connectivity index (χ2v) is 8.51. The molecule has 0 N–H and O–H groups in total. The van der Waals surface area contributed by atoms with E-state index in [1.165, 1.54) is 4.57 Å². The second kappa shape index (κ2) is 7.60. The molecule has 0 spiro atoms. The number of carbonyl (C=O) groups is 1. The molecule has 2 aromatic heterocycles. The molecule has 7 nitrogen and oxygen atoms in total. The molecule has 8 heteroatoms. The molecule has 0 radical (unpaired) electrons. The summed E-state index contributed by atoms with van der Waals surface area (Å²) >= 11 is 1.56. The maximum absolute atomic E-state index is 12.8. The van der Waals surface area contributed by atoms with Crippen molar-refractivity contribution < 1.29 is 13.9 Å². The van der Waals surface area contributed by atoms with Crippen molar-refractivity contribution in [3.05, 3.63) is 58.6 Å². The number of piperidine rings is 1. The normalized spacial score (nSPS) is 15.2. The zero-order valence-corrected chi connectivity index (χ0v) is 17.4. The van der Waals surface area contributed by atoms with E-state index >= 15 is 0 Å². The molecule has 1 aliphatic heterocycles. The van der Waals surface area contributed by atoms with Gasteiger partial charge in [-0.2, -0.15) is 0 Å². The van der Waals surface area contributed by atoms with Gasteiger partial charge in [0, 0.05) is 25.9 Å². The van der Waals surface area contributed by atoms with Crippen molar-refractivity contribution in [1.29, 1.82) is 0 Å². The second-order valence-electron chi connectivity index (χ2n) is 7.52. The van der Waals surface area contributed by atoms with Crippen molar-refractivity contribution in [3.63, 3.8) is 0 Å². The van der Waals surface area contributed by atoms with Crippen LogP contribution in [0.2, 0.25) is 0 Å². The Labute approximate surface area is 176 Å². The highest BCUT2D eigenvalue weighted by molar-refractivity contribution is 7.20. The Kier molecular flexibility index (Phi) is 4.78. The van der Waals surface area contributed by atoms with E-state index in [0.29, 0.717) is 29.4 Å². The minimum Gasteiger partial charge on any atom is -0.467 e. The summed E-state index contributed by atoms with van der Waals surface area (Å²) in [7, 11) is 0. The van der Waals surface area contributed by atoms with Crippen LogP contribution in [0.1, 0.15) is 18.4 Å². The molecule has 5 rings (SSSR count). The zero-order valence-electron chi connectivity index (χ0n) is 16.5. The number of aryl methyl sites for hydroxylation is 1. The van der Waals surface area contributed by atoms with Crippen molar-refractivity contribution in [2.75, 3.05) is 13.1 Å². The van der Waals surface area contributed by atoms with Gasteiger partial charge in [-0.25, -0.2) is 9.78 Å². The van der Waals surface area contributed by atoms with Gasteiger partial charge in [0.1, 0.15) is 12.6 Å². The molecule has 154 valence electrons. The first-order valence-electron chi connectivity index (χ1n) is 9.97. The van der Waals surface area contributed by atoms with Crippen molar-refractivity contribution in [1.82, 2.24) is 14.5 Å². The van der Waals surface area contributed by atoms with Crippen molar-refractivity contribution in [2.45, 2.75) is 32.4 Å². The standard InChI is InChI=1S/C22H21N3O4S/c1-14-5-4-8-18-20(14)23-21(30-18)28-15-9-11-24(12-10-15)19(26)13-25-16-6-2-3-7-17(16)29-22(25)27/h2-8,15H,9-13H2,1H3. The summed E-state index contributed by atoms with van der Waals surface area (Å²) in [6.07, 6.45) is 1.51. The summed E-state index contributed by atoms with van der Waals surface area (Å²) in [5, 5.41) is 0.681. The van der Waals surface area contributed by atoms with Gasteiger partial charge in [-0.1, -0.05) is 35.6 Å². The van der Waals surface area contributed by atoms with Crippen LogP contribution in [0, 0.1) is 6.92 Å². The summed E-state index contributed by atoms with van der Waals surface area (Å²) < 4.78 is 13.8. The summed E-state index contributed by atoms with van der Waals surface area (Å²) in [6.45, 7) is 3.22. The van der Waals surface area contributed by atoms with Crippen LogP contribution >= 0.6 is 11.3 Å². The average Bonchev–Trinajstić information content (AvgIpc) is 3.30. The lowest BCUT2D eigenvalue weighted by Crippen LogP contribution is -2.43. The first-order valence-corrected chi connectivity index (χ1v) is 10.8. The predicted molar refractivity (Wildman–Crippen MR) is 115 cm³/mol. The van der Waals surface area contributed by atoms with Crippen molar-refractivity contribution in [2.24, 2.45) is 0 Å². The maximum atomic E-state index is 12.8. The summed E-state index contributed by atoms with van der Waals surface area (Å²) in [5.41, 5.74) is 3.26. The highest BCUT2D eigenvalue weighted by atomic mass is 32.1. The van der Waals surface area contributed by atoms with Crippen LogP contribution in [0.5, 0.6) is 5.19 Å². The van der Waals surface area contributed by atoms with Crippen LogP contribution in [0.3, 0.4) is 0 Å². The Morgan fingerprint density at radius 1 is 1.20 bits per heavy atom. The van der Waals surface area contributed by atoms with E-state index < -0.39 is 5.76 Å². The summed E-state index contributed by atoms with van der Waals surface area (Å²) in [5.74, 6) is -0.591. The molecular weight excluding hydrogens is 402 g/mol. The Morgan fingerprint density at radius 3 is 2.80 bits per heavy atom. The maximum Gasteiger partial charge on any atom is 0.420 e. The number of likely N-dealkylation sites (tertiary alicyclic amines) is 1. The molecule has 0 atom stereocenters. The number of nitrogens with zero attached hydrogens (tertiary/aromatic N) is 3. The largest absolute Gasteiger partial charge is 0.467 e. The van der Waals surface area contributed by atoms with Gasteiger partial charge in [0.05, 0.1) is 15.7 Å². The third kappa shape index (κ3) is 3.47. The number of hydrogen-bond acceptors (Lipinski definition) is 6. The number of aromatic nitrogens is 2. The Morgan fingerprint density at radius 2 is 2.00 bits per heavy atom. The van der Waals surface area contributed by atoms with Crippen LogP contribution in [0.25, 0.3) is 21.3 Å². The van der Waals surface area contributed by atoms with Gasteiger partial charge in [0.2, 0.25) is 5.91 Å². The molecule has 1 fully saturated rings. The Hall–Kier alpha value is -3.13. The fourth-order valence-electron chi connectivity index (χ4n) is 3.88. The van der Waals surface area contributed by atoms with Crippen molar-refractivity contribution >= 4 is 38.6 Å². The summed E-state index contributed by atoms with van der Waals surface area (Å²) in [6, 6.07) is 13.3. The van der Waals surface area contributed by atoms with E-state index in [4.69, 9.17) is 9.15 Å². The number of fused-ring (bicyclic) bond motifs is 2. The zero-order chi connectivity index (χ0) is 20.7. The highest BCUT2D eigenvalue weighted by Gasteiger charge is 2.26. The van der Waals surface area contributed by atoms with Gasteiger partial charge in [-0.15, -0.1) is 0 Å². The lowest BCUT2D eigenvalue weighted by Gasteiger charge is -2.31. The van der Waals surface area contributed by atoms with E-state index in [1.807, 2.05) is 25.1 Å². The lowest BCUT2D eigenvalue weighted by molar-refractivity contribution is -0.133. The van der Waals surface area contributed by atoms with Gasteiger partial charge < -0.3 is 14.1 Å². The van der Waals surface area contributed by atoms with Crippen LogP contribution in [-0.4, -0.2) is 39.6 Å². The first-order chi connectivity index (χ1) is 14.6. The van der Waals surface area contributed by atoms with Crippen LogP contribution in [-0.2, 0) is 11.3 Å². The number of benzene rings is 2. The fourth-order valence-corrected chi connectivity index (χ4v) is 4.84. The molecule has 1 aliphatic rings. The molecular formula is C22H21N3O4S. The predicted octanol–water partition coefficient (Wildman–Crippen LogP) is 3.58. The molecule has 30 heavy (non-hydrogen) atoms. The van der Waals surface area contributed by atoms with Crippen molar-refractivity contribution in [3.8, 4) is 5.19 Å². The van der Waals surface area contributed by atoms with Crippen LogP contribution < -0.4 is 10.5 Å². The molecule has 2 aromatic carbocycles. The molecule has 0 bridgehead atoms. The number of thiazole rings is 1. The molecule has 0 saturated carbocycles. The van der Waals surface area contributed by atoms with E-state index in [1.54, 1.807) is 34.4 Å². The molecule has 1 amide bonds. The van der Waals surface area contributed by atoms with Gasteiger partial charge >= 0.3 is 5.76 Å². The van der Waals surface area contributed by atoms with Gasteiger partial charge in [-0.3, -0.25) is 9.36 Å². The number of carbonyl (C=O) groups excluding carboxylic acids is 1. The van der Waals surface area contributed by atoms with Gasteiger partial charge in [0.25, 0.3) is 5.19 Å². The van der Waals surface area contributed by atoms with Crippen LogP contribution in [0.15, 0.2) is 51.7 Å². The van der Waals surface area contributed by atoms with E-state index in [0.717, 1.165) is 28.6 Å². The third-order valence-electron chi connectivity index (χ3n) is 5.53. The fraction of sp³-hybridized carbons (Fsp3) is 0.318. The first kappa shape index (κ1) is 18.9. The monoisotopic (exact) mass is 423 g/mol. The van der Waals surface area contributed by atoms with E-state index in [2.05, 4.69) is 11.1 Å². The number of amides is 1. The molecule has 0 aliphatic carbocycles. The molecule has 0 unspecified atom stereocenters. The molecule has 3 heterocycles. The minimum absolute atomic E-state index is 0.0154. The minimum atomic E-state index is -0.506.